The highest BCUT2D eigenvalue weighted by atomic mass is 16.5. The van der Waals surface area contributed by atoms with Crippen LogP contribution in [0.2, 0.25) is 0 Å². The smallest absolute Gasteiger partial charge is 0.247 e. The van der Waals surface area contributed by atoms with Gasteiger partial charge in [-0.15, -0.1) is 0 Å². The summed E-state index contributed by atoms with van der Waals surface area (Å²) in [5, 5.41) is 0. The van der Waals surface area contributed by atoms with Crippen molar-refractivity contribution >= 4 is 22.6 Å². The highest BCUT2D eigenvalue weighted by molar-refractivity contribution is 5.96. The van der Waals surface area contributed by atoms with Gasteiger partial charge in [0.2, 0.25) is 5.91 Å². The van der Waals surface area contributed by atoms with Gasteiger partial charge in [0.1, 0.15) is 12.4 Å². The van der Waals surface area contributed by atoms with E-state index in [0.717, 1.165) is 46.5 Å². The minimum absolute atomic E-state index is 0.0347. The van der Waals surface area contributed by atoms with Crippen LogP contribution in [0.1, 0.15) is 68.6 Å². The van der Waals surface area contributed by atoms with Crippen molar-refractivity contribution in [2.45, 2.75) is 72.9 Å². The molecule has 2 atom stereocenters. The highest BCUT2D eigenvalue weighted by Crippen LogP contribution is 2.31. The summed E-state index contributed by atoms with van der Waals surface area (Å²) in [5.41, 5.74) is 7.68. The lowest BCUT2D eigenvalue weighted by Crippen LogP contribution is -2.44. The molecule has 4 rings (SSSR count). The number of para-hydroxylation sites is 3. The van der Waals surface area contributed by atoms with Crippen LogP contribution in [-0.2, 0) is 28.9 Å². The van der Waals surface area contributed by atoms with E-state index in [-0.39, 0.29) is 24.4 Å². The lowest BCUT2D eigenvalue weighted by Gasteiger charge is -2.32. The van der Waals surface area contributed by atoms with Gasteiger partial charge >= 0.3 is 0 Å². The predicted molar refractivity (Wildman–Crippen MR) is 162 cm³/mol. The number of imidazole rings is 1. The summed E-state index contributed by atoms with van der Waals surface area (Å²) in [4.78, 5) is 21.3. The quantitative estimate of drug-likeness (QED) is 0.206. The Hall–Kier alpha value is -3.44. The zero-order valence-electron chi connectivity index (χ0n) is 24.6. The monoisotopic (exact) mass is 525 g/mol. The number of rotatable bonds is 11. The zero-order valence-corrected chi connectivity index (χ0v) is 24.6. The Morgan fingerprint density at radius 2 is 1.69 bits per heavy atom. The molecular formula is C34H43N3O2. The lowest BCUT2D eigenvalue weighted by molar-refractivity contribution is -0.119. The highest BCUT2D eigenvalue weighted by Gasteiger charge is 2.28. The van der Waals surface area contributed by atoms with Gasteiger partial charge in [-0.25, -0.2) is 4.98 Å². The number of anilines is 1. The van der Waals surface area contributed by atoms with Crippen molar-refractivity contribution in [1.29, 1.82) is 0 Å². The predicted octanol–water partition coefficient (Wildman–Crippen LogP) is 7.33. The van der Waals surface area contributed by atoms with E-state index < -0.39 is 0 Å². The second kappa shape index (κ2) is 12.6. The van der Waals surface area contributed by atoms with E-state index in [1.807, 2.05) is 23.1 Å². The van der Waals surface area contributed by atoms with Gasteiger partial charge < -0.3 is 14.2 Å². The molecule has 0 bridgehead atoms. The number of aromatic nitrogens is 2. The normalized spacial score (nSPS) is 13.1. The molecule has 0 saturated heterocycles. The Bertz CT molecular complexity index is 1400. The third-order valence-electron chi connectivity index (χ3n) is 7.55. The van der Waals surface area contributed by atoms with Gasteiger partial charge in [-0.3, -0.25) is 4.79 Å². The number of amides is 1. The van der Waals surface area contributed by atoms with Crippen LogP contribution in [0.15, 0.2) is 66.7 Å². The lowest BCUT2D eigenvalue weighted by atomic mass is 9.96. The molecule has 0 unspecified atom stereocenters. The number of nitrogens with zero attached hydrogens (tertiary/aromatic N) is 3. The Balaban J connectivity index is 1.75. The number of hydrogen-bond acceptors (Lipinski definition) is 3. The van der Waals surface area contributed by atoms with Gasteiger partial charge in [0.15, 0.2) is 0 Å². The molecule has 5 heteroatoms. The summed E-state index contributed by atoms with van der Waals surface area (Å²) < 4.78 is 7.63. The van der Waals surface area contributed by atoms with Crippen LogP contribution >= 0.6 is 0 Å². The molecule has 0 aliphatic carbocycles. The summed E-state index contributed by atoms with van der Waals surface area (Å²) in [7, 11) is 1.69. The van der Waals surface area contributed by atoms with Gasteiger partial charge in [-0.05, 0) is 67.0 Å². The second-order valence-electron chi connectivity index (χ2n) is 11.1. The molecule has 0 saturated carbocycles. The maximum Gasteiger partial charge on any atom is 0.247 e. The third-order valence-corrected chi connectivity index (χ3v) is 7.55. The number of carbonyl (C=O) groups excluding carboxylic acids is 1. The summed E-state index contributed by atoms with van der Waals surface area (Å²) >= 11 is 0. The van der Waals surface area contributed by atoms with Crippen LogP contribution in [0.25, 0.3) is 11.0 Å². The molecule has 1 aromatic heterocycles. The number of methoxy groups -OCH3 is 1. The molecule has 1 heterocycles. The standard InChI is InChI=1S/C34H43N3O2/c1-8-28-13-11-12-24(4)33(28)37(25(5)22-39-7)32(38)21-36-31-15-10-9-14-30(31)35-34(36)26(6)29-18-16-27(17-19-29)20-23(2)3/h9-19,23,25-26H,8,20-22H2,1-7H3/t25-,26-/m0/s1. The molecule has 0 aliphatic heterocycles. The van der Waals surface area contributed by atoms with Crippen molar-refractivity contribution in [3.63, 3.8) is 0 Å². The van der Waals surface area contributed by atoms with Crippen LogP contribution in [0.5, 0.6) is 0 Å². The third kappa shape index (κ3) is 6.25. The first kappa shape index (κ1) is 28.6. The molecule has 39 heavy (non-hydrogen) atoms. The Labute approximate surface area is 233 Å². The molecular weight excluding hydrogens is 482 g/mol. The minimum atomic E-state index is -0.113. The fourth-order valence-electron chi connectivity index (χ4n) is 5.62. The largest absolute Gasteiger partial charge is 0.383 e. The molecule has 3 aromatic carbocycles. The number of hydrogen-bond donors (Lipinski definition) is 0. The first-order valence-electron chi connectivity index (χ1n) is 14.2. The van der Waals surface area contributed by atoms with Crippen molar-refractivity contribution in [2.75, 3.05) is 18.6 Å². The Morgan fingerprint density at radius 3 is 2.36 bits per heavy atom. The summed E-state index contributed by atoms with van der Waals surface area (Å²) in [6.45, 7) is 13.6. The van der Waals surface area contributed by atoms with Crippen molar-refractivity contribution in [3.05, 3.63) is 94.8 Å². The number of fused-ring (bicyclic) bond motifs is 1. The summed E-state index contributed by atoms with van der Waals surface area (Å²) in [6, 6.07) is 23.1. The summed E-state index contributed by atoms with van der Waals surface area (Å²) in [6.07, 6.45) is 1.92. The molecule has 4 aromatic rings. The molecule has 0 spiro atoms. The van der Waals surface area contributed by atoms with Gasteiger partial charge in [-0.1, -0.05) is 82.3 Å². The second-order valence-corrected chi connectivity index (χ2v) is 11.1. The van der Waals surface area contributed by atoms with Crippen molar-refractivity contribution in [2.24, 2.45) is 5.92 Å². The average molecular weight is 526 g/mol. The number of carbonyl (C=O) groups is 1. The Kier molecular flexibility index (Phi) is 9.24. The topological polar surface area (TPSA) is 47.4 Å². The van der Waals surface area contributed by atoms with E-state index in [4.69, 9.17) is 9.72 Å². The molecule has 0 radical (unpaired) electrons. The van der Waals surface area contributed by atoms with E-state index >= 15 is 0 Å². The average Bonchev–Trinajstić information content (AvgIpc) is 3.27. The van der Waals surface area contributed by atoms with Gasteiger partial charge in [0.05, 0.1) is 29.4 Å². The van der Waals surface area contributed by atoms with E-state index in [0.29, 0.717) is 12.5 Å². The van der Waals surface area contributed by atoms with E-state index in [2.05, 4.69) is 94.6 Å². The Morgan fingerprint density at radius 1 is 0.974 bits per heavy atom. The summed E-state index contributed by atoms with van der Waals surface area (Å²) in [5.74, 6) is 1.59. The SMILES string of the molecule is CCc1cccc(C)c1N(C(=O)Cn1c([C@@H](C)c2ccc(CC(C)C)cc2)nc2ccccc21)[C@@H](C)COC. The van der Waals surface area contributed by atoms with Crippen molar-refractivity contribution in [3.8, 4) is 0 Å². The fourth-order valence-corrected chi connectivity index (χ4v) is 5.62. The minimum Gasteiger partial charge on any atom is -0.383 e. The molecule has 5 nitrogen and oxygen atoms in total. The number of benzene rings is 3. The van der Waals surface area contributed by atoms with Crippen LogP contribution in [-0.4, -0.2) is 35.2 Å². The molecule has 206 valence electrons. The maximum absolute atomic E-state index is 14.3. The van der Waals surface area contributed by atoms with Crippen molar-refractivity contribution < 1.29 is 9.53 Å². The maximum atomic E-state index is 14.3. The fraction of sp³-hybridized carbons (Fsp3) is 0.412. The molecule has 1 amide bonds. The van der Waals surface area contributed by atoms with Crippen LogP contribution in [0.4, 0.5) is 5.69 Å². The van der Waals surface area contributed by atoms with E-state index in [1.165, 1.54) is 11.1 Å². The van der Waals surface area contributed by atoms with E-state index in [1.54, 1.807) is 7.11 Å². The molecule has 0 fully saturated rings. The zero-order chi connectivity index (χ0) is 28.1. The van der Waals surface area contributed by atoms with Gasteiger partial charge in [0, 0.05) is 13.0 Å². The molecule has 0 aliphatic rings. The van der Waals surface area contributed by atoms with Crippen molar-refractivity contribution in [1.82, 2.24) is 9.55 Å². The van der Waals surface area contributed by atoms with E-state index in [9.17, 15) is 4.79 Å². The first-order chi connectivity index (χ1) is 18.7. The molecule has 0 N–H and O–H groups in total. The first-order valence-corrected chi connectivity index (χ1v) is 14.2. The van der Waals surface area contributed by atoms with Gasteiger partial charge in [0.25, 0.3) is 0 Å². The van der Waals surface area contributed by atoms with Crippen LogP contribution < -0.4 is 4.90 Å². The van der Waals surface area contributed by atoms with Gasteiger partial charge in [-0.2, -0.15) is 0 Å². The number of ether oxygens (including phenoxy) is 1. The van der Waals surface area contributed by atoms with Crippen LogP contribution in [0.3, 0.4) is 0 Å². The van der Waals surface area contributed by atoms with Crippen LogP contribution in [0, 0.1) is 12.8 Å². The number of aryl methyl sites for hydroxylation is 2.